The van der Waals surface area contributed by atoms with Crippen LogP contribution >= 0.6 is 23.2 Å². The molecule has 0 unspecified atom stereocenters. The molecule has 1 amide bonds. The van der Waals surface area contributed by atoms with E-state index >= 15 is 0 Å². The molecule has 1 N–H and O–H groups in total. The van der Waals surface area contributed by atoms with Crippen LogP contribution in [0.2, 0.25) is 10.0 Å². The standard InChI is InChI=1S/C20H22Cl2N2O3S/c1-14-5-7-16(8-6-14)23-20(25)15-9-11-24(12-10-15)28(26,27)13-17-18(21)3-2-4-19(17)22/h2-8,15H,9-13H2,1H3,(H,23,25). The molecule has 28 heavy (non-hydrogen) atoms. The first-order valence-electron chi connectivity index (χ1n) is 9.04. The fourth-order valence-corrected chi connectivity index (χ4v) is 5.54. The summed E-state index contributed by atoms with van der Waals surface area (Å²) in [5.41, 5.74) is 2.28. The minimum atomic E-state index is -3.56. The Bertz CT molecular complexity index is 934. The Balaban J connectivity index is 1.59. The molecule has 8 heteroatoms. The van der Waals surface area contributed by atoms with E-state index in [-0.39, 0.29) is 17.6 Å². The maximum Gasteiger partial charge on any atom is 0.227 e. The van der Waals surface area contributed by atoms with Gasteiger partial charge < -0.3 is 5.32 Å². The molecule has 1 aliphatic rings. The molecule has 0 bridgehead atoms. The van der Waals surface area contributed by atoms with Gasteiger partial charge in [0.15, 0.2) is 0 Å². The van der Waals surface area contributed by atoms with E-state index < -0.39 is 10.0 Å². The van der Waals surface area contributed by atoms with Gasteiger partial charge in [0.25, 0.3) is 0 Å². The molecule has 2 aromatic carbocycles. The highest BCUT2D eigenvalue weighted by molar-refractivity contribution is 7.88. The van der Waals surface area contributed by atoms with Crippen LogP contribution in [0.1, 0.15) is 24.0 Å². The van der Waals surface area contributed by atoms with E-state index in [2.05, 4.69) is 5.32 Å². The van der Waals surface area contributed by atoms with Gasteiger partial charge in [-0.15, -0.1) is 0 Å². The molecule has 5 nitrogen and oxygen atoms in total. The molecule has 0 aromatic heterocycles. The van der Waals surface area contributed by atoms with Crippen molar-refractivity contribution in [2.45, 2.75) is 25.5 Å². The summed E-state index contributed by atoms with van der Waals surface area (Å²) in [6.45, 7) is 2.59. The lowest BCUT2D eigenvalue weighted by atomic mass is 9.97. The van der Waals surface area contributed by atoms with Crippen molar-refractivity contribution in [2.24, 2.45) is 5.92 Å². The molecule has 0 radical (unpaired) electrons. The van der Waals surface area contributed by atoms with Crippen LogP contribution in [-0.2, 0) is 20.6 Å². The Morgan fingerprint density at radius 3 is 2.21 bits per heavy atom. The van der Waals surface area contributed by atoms with Gasteiger partial charge in [-0.2, -0.15) is 0 Å². The molecule has 2 aromatic rings. The zero-order valence-electron chi connectivity index (χ0n) is 15.5. The molecular weight excluding hydrogens is 419 g/mol. The molecule has 0 saturated carbocycles. The van der Waals surface area contributed by atoms with E-state index in [0.717, 1.165) is 11.3 Å². The van der Waals surface area contributed by atoms with Crippen LogP contribution < -0.4 is 5.32 Å². The van der Waals surface area contributed by atoms with Gasteiger partial charge in [-0.25, -0.2) is 12.7 Å². The minimum absolute atomic E-state index is 0.0740. The second-order valence-electron chi connectivity index (χ2n) is 6.99. The second-order valence-corrected chi connectivity index (χ2v) is 9.77. The molecule has 0 spiro atoms. The Labute approximate surface area is 175 Å². The molecule has 1 heterocycles. The number of hydrogen-bond acceptors (Lipinski definition) is 3. The van der Waals surface area contributed by atoms with Gasteiger partial charge in [0.2, 0.25) is 15.9 Å². The van der Waals surface area contributed by atoms with Gasteiger partial charge in [-0.05, 0) is 44.0 Å². The number of amides is 1. The largest absolute Gasteiger partial charge is 0.326 e. The third-order valence-electron chi connectivity index (χ3n) is 4.93. The lowest BCUT2D eigenvalue weighted by Crippen LogP contribution is -2.41. The van der Waals surface area contributed by atoms with Gasteiger partial charge in [0, 0.05) is 40.3 Å². The molecule has 0 aliphatic carbocycles. The average Bonchev–Trinajstić information content (AvgIpc) is 2.67. The quantitative estimate of drug-likeness (QED) is 0.744. The zero-order chi connectivity index (χ0) is 20.3. The normalized spacial score (nSPS) is 16.1. The number of benzene rings is 2. The van der Waals surface area contributed by atoms with Crippen molar-refractivity contribution in [1.82, 2.24) is 4.31 Å². The van der Waals surface area contributed by atoms with Crippen LogP contribution in [0.3, 0.4) is 0 Å². The lowest BCUT2D eigenvalue weighted by molar-refractivity contribution is -0.120. The Kier molecular flexibility index (Phi) is 6.65. The van der Waals surface area contributed by atoms with Crippen molar-refractivity contribution in [2.75, 3.05) is 18.4 Å². The predicted octanol–water partition coefficient (Wildman–Crippen LogP) is 4.48. The van der Waals surface area contributed by atoms with Crippen molar-refractivity contribution in [1.29, 1.82) is 0 Å². The van der Waals surface area contributed by atoms with Gasteiger partial charge in [-0.1, -0.05) is 47.0 Å². The number of hydrogen-bond donors (Lipinski definition) is 1. The van der Waals surface area contributed by atoms with E-state index in [1.165, 1.54) is 4.31 Å². The molecule has 150 valence electrons. The van der Waals surface area contributed by atoms with Crippen LogP contribution in [0.5, 0.6) is 0 Å². The van der Waals surface area contributed by atoms with Gasteiger partial charge in [0.05, 0.1) is 5.75 Å². The lowest BCUT2D eigenvalue weighted by Gasteiger charge is -2.30. The highest BCUT2D eigenvalue weighted by Crippen LogP contribution is 2.29. The Hall–Kier alpha value is -1.60. The topological polar surface area (TPSA) is 66.5 Å². The number of rotatable bonds is 5. The van der Waals surface area contributed by atoms with Crippen molar-refractivity contribution in [3.05, 3.63) is 63.6 Å². The number of carbonyl (C=O) groups is 1. The number of nitrogens with one attached hydrogen (secondary N) is 1. The summed E-state index contributed by atoms with van der Waals surface area (Å²) >= 11 is 12.2. The van der Waals surface area contributed by atoms with Gasteiger partial charge >= 0.3 is 0 Å². The van der Waals surface area contributed by atoms with Crippen molar-refractivity contribution in [3.8, 4) is 0 Å². The zero-order valence-corrected chi connectivity index (χ0v) is 17.8. The third kappa shape index (κ3) is 5.06. The minimum Gasteiger partial charge on any atom is -0.326 e. The maximum atomic E-state index is 12.8. The number of carbonyl (C=O) groups excluding carboxylic acids is 1. The average molecular weight is 441 g/mol. The monoisotopic (exact) mass is 440 g/mol. The highest BCUT2D eigenvalue weighted by atomic mass is 35.5. The van der Waals surface area contributed by atoms with Crippen LogP contribution in [0.25, 0.3) is 0 Å². The molecule has 1 aliphatic heterocycles. The summed E-state index contributed by atoms with van der Waals surface area (Å²) in [6, 6.07) is 12.5. The third-order valence-corrected chi connectivity index (χ3v) is 7.44. The van der Waals surface area contributed by atoms with Crippen LogP contribution in [0.15, 0.2) is 42.5 Å². The Morgan fingerprint density at radius 2 is 1.64 bits per heavy atom. The molecule has 3 rings (SSSR count). The fraction of sp³-hybridized carbons (Fsp3) is 0.350. The summed E-state index contributed by atoms with van der Waals surface area (Å²) < 4.78 is 27.0. The summed E-state index contributed by atoms with van der Waals surface area (Å²) in [5, 5.41) is 3.58. The Morgan fingerprint density at radius 1 is 1.07 bits per heavy atom. The van der Waals surface area contributed by atoms with Crippen molar-refractivity contribution in [3.63, 3.8) is 0 Å². The van der Waals surface area contributed by atoms with Gasteiger partial charge in [0.1, 0.15) is 0 Å². The smallest absolute Gasteiger partial charge is 0.227 e. The molecule has 1 fully saturated rings. The number of aryl methyl sites for hydroxylation is 1. The predicted molar refractivity (Wildman–Crippen MR) is 113 cm³/mol. The number of nitrogens with zero attached hydrogens (tertiary/aromatic N) is 1. The molecule has 1 saturated heterocycles. The molecule has 0 atom stereocenters. The van der Waals surface area contributed by atoms with Crippen LogP contribution in [0.4, 0.5) is 5.69 Å². The number of anilines is 1. The van der Waals surface area contributed by atoms with Crippen LogP contribution in [0, 0.1) is 12.8 Å². The maximum absolute atomic E-state index is 12.8. The van der Waals surface area contributed by atoms with E-state index in [1.54, 1.807) is 18.2 Å². The summed E-state index contributed by atoms with van der Waals surface area (Å²) in [4.78, 5) is 12.5. The summed E-state index contributed by atoms with van der Waals surface area (Å²) in [6.07, 6.45) is 0.959. The first-order chi connectivity index (χ1) is 13.3. The fourth-order valence-electron chi connectivity index (χ4n) is 3.22. The number of sulfonamides is 1. The SMILES string of the molecule is Cc1ccc(NC(=O)C2CCN(S(=O)(=O)Cc3c(Cl)cccc3Cl)CC2)cc1. The van der Waals surface area contributed by atoms with Crippen LogP contribution in [-0.4, -0.2) is 31.7 Å². The van der Waals surface area contributed by atoms with E-state index in [9.17, 15) is 13.2 Å². The first kappa shape index (κ1) is 21.1. The highest BCUT2D eigenvalue weighted by Gasteiger charge is 2.32. The van der Waals surface area contributed by atoms with Crippen molar-refractivity contribution < 1.29 is 13.2 Å². The first-order valence-corrected chi connectivity index (χ1v) is 11.4. The summed E-state index contributed by atoms with van der Waals surface area (Å²) in [5.74, 6) is -0.530. The summed E-state index contributed by atoms with van der Waals surface area (Å²) in [7, 11) is -3.56. The van der Waals surface area contributed by atoms with E-state index in [4.69, 9.17) is 23.2 Å². The van der Waals surface area contributed by atoms with Crippen molar-refractivity contribution >= 4 is 44.8 Å². The van der Waals surface area contributed by atoms with E-state index in [1.807, 2.05) is 31.2 Å². The van der Waals surface area contributed by atoms with E-state index in [0.29, 0.717) is 41.5 Å². The number of piperidine rings is 1. The second kappa shape index (κ2) is 8.82. The molecular formula is C20H22Cl2N2O3S. The van der Waals surface area contributed by atoms with Gasteiger partial charge in [-0.3, -0.25) is 4.79 Å². The number of halogens is 2.